The van der Waals surface area contributed by atoms with Gasteiger partial charge in [-0.25, -0.2) is 4.79 Å². The lowest BCUT2D eigenvalue weighted by Gasteiger charge is -2.06. The lowest BCUT2D eigenvalue weighted by atomic mass is 10.2. The van der Waals surface area contributed by atoms with Crippen LogP contribution in [0.4, 0.5) is 5.69 Å². The van der Waals surface area contributed by atoms with Crippen LogP contribution in [0.15, 0.2) is 0 Å². The molecule has 0 aliphatic heterocycles. The van der Waals surface area contributed by atoms with Gasteiger partial charge in [-0.05, 0) is 19.8 Å². The van der Waals surface area contributed by atoms with E-state index in [1.54, 1.807) is 14.0 Å². The second-order valence-corrected chi connectivity index (χ2v) is 4.19. The Labute approximate surface area is 98.9 Å². The fourth-order valence-electron chi connectivity index (χ4n) is 1.71. The molecule has 0 bridgehead atoms. The quantitative estimate of drug-likeness (QED) is 0.791. The lowest BCUT2D eigenvalue weighted by molar-refractivity contribution is -0.117. The number of amides is 1. The van der Waals surface area contributed by atoms with E-state index in [0.717, 1.165) is 12.8 Å². The third-order valence-corrected chi connectivity index (χ3v) is 2.80. The summed E-state index contributed by atoms with van der Waals surface area (Å²) in [4.78, 5) is 23.3. The molecule has 0 atom stereocenters. The summed E-state index contributed by atoms with van der Waals surface area (Å²) in [6.45, 7) is 1.74. The monoisotopic (exact) mass is 237 g/mol. The number of carbonyl (C=O) groups is 2. The van der Waals surface area contributed by atoms with Crippen molar-refractivity contribution in [1.82, 2.24) is 9.78 Å². The molecule has 1 aromatic rings. The summed E-state index contributed by atoms with van der Waals surface area (Å²) in [6.07, 6.45) is 1.83. The summed E-state index contributed by atoms with van der Waals surface area (Å²) in [7, 11) is 2.95. The zero-order valence-electron chi connectivity index (χ0n) is 10.1. The summed E-state index contributed by atoms with van der Waals surface area (Å²) < 4.78 is 6.10. The van der Waals surface area contributed by atoms with Crippen molar-refractivity contribution in [2.24, 2.45) is 13.0 Å². The van der Waals surface area contributed by atoms with Gasteiger partial charge in [0.15, 0.2) is 5.69 Å². The smallest absolute Gasteiger partial charge is 0.358 e. The van der Waals surface area contributed by atoms with E-state index < -0.39 is 5.97 Å². The highest BCUT2D eigenvalue weighted by atomic mass is 16.5. The Morgan fingerprint density at radius 2 is 2.12 bits per heavy atom. The highest BCUT2D eigenvalue weighted by Gasteiger charge is 2.32. The molecule has 0 unspecified atom stereocenters. The standard InChI is InChI=1S/C11H15N3O3/c1-6-8(12-10(15)7-4-5-7)9(11(16)17-3)14(2)13-6/h7H,4-5H2,1-3H3,(H,12,15). The topological polar surface area (TPSA) is 73.2 Å². The van der Waals surface area contributed by atoms with Gasteiger partial charge >= 0.3 is 5.97 Å². The van der Waals surface area contributed by atoms with Gasteiger partial charge in [0.25, 0.3) is 0 Å². The van der Waals surface area contributed by atoms with Crippen molar-refractivity contribution in [2.45, 2.75) is 19.8 Å². The average molecular weight is 237 g/mol. The van der Waals surface area contributed by atoms with E-state index in [4.69, 9.17) is 0 Å². The SMILES string of the molecule is COC(=O)c1c(NC(=O)C2CC2)c(C)nn1C. The Hall–Kier alpha value is -1.85. The van der Waals surface area contributed by atoms with Crippen LogP contribution in [0.3, 0.4) is 0 Å². The molecular weight excluding hydrogens is 222 g/mol. The highest BCUT2D eigenvalue weighted by Crippen LogP contribution is 2.31. The minimum Gasteiger partial charge on any atom is -0.464 e. The molecule has 1 fully saturated rings. The molecule has 6 heteroatoms. The van der Waals surface area contributed by atoms with E-state index >= 15 is 0 Å². The summed E-state index contributed by atoms with van der Waals surface area (Å²) in [6, 6.07) is 0. The fraction of sp³-hybridized carbons (Fsp3) is 0.545. The Bertz CT molecular complexity index is 475. The molecule has 17 heavy (non-hydrogen) atoms. The van der Waals surface area contributed by atoms with Gasteiger partial charge in [-0.2, -0.15) is 5.10 Å². The van der Waals surface area contributed by atoms with Gasteiger partial charge in [-0.1, -0.05) is 0 Å². The maximum Gasteiger partial charge on any atom is 0.358 e. The number of esters is 1. The van der Waals surface area contributed by atoms with E-state index in [2.05, 4.69) is 15.2 Å². The molecule has 1 aliphatic carbocycles. The van der Waals surface area contributed by atoms with E-state index in [-0.39, 0.29) is 17.5 Å². The molecule has 1 aliphatic rings. The van der Waals surface area contributed by atoms with Crippen molar-refractivity contribution < 1.29 is 14.3 Å². The van der Waals surface area contributed by atoms with Crippen molar-refractivity contribution in [3.05, 3.63) is 11.4 Å². The maximum atomic E-state index is 11.7. The predicted octanol–water partition coefficient (Wildman–Crippen LogP) is 0.864. The second kappa shape index (κ2) is 4.20. The molecule has 0 spiro atoms. The number of anilines is 1. The van der Waals surface area contributed by atoms with E-state index in [1.807, 2.05) is 0 Å². The number of aromatic nitrogens is 2. The largest absolute Gasteiger partial charge is 0.464 e. The number of nitrogens with one attached hydrogen (secondary N) is 1. The van der Waals surface area contributed by atoms with Crippen LogP contribution in [0.5, 0.6) is 0 Å². The predicted molar refractivity (Wildman–Crippen MR) is 60.6 cm³/mol. The third kappa shape index (κ3) is 2.15. The van der Waals surface area contributed by atoms with Gasteiger partial charge in [0.05, 0.1) is 18.5 Å². The molecule has 6 nitrogen and oxygen atoms in total. The number of hydrogen-bond acceptors (Lipinski definition) is 4. The van der Waals surface area contributed by atoms with Crippen molar-refractivity contribution in [2.75, 3.05) is 12.4 Å². The van der Waals surface area contributed by atoms with Crippen LogP contribution in [-0.4, -0.2) is 28.8 Å². The summed E-state index contributed by atoms with van der Waals surface area (Å²) in [5, 5.41) is 6.87. The zero-order chi connectivity index (χ0) is 12.6. The van der Waals surface area contributed by atoms with Crippen LogP contribution >= 0.6 is 0 Å². The first kappa shape index (κ1) is 11.6. The van der Waals surface area contributed by atoms with E-state index in [0.29, 0.717) is 11.4 Å². The molecule has 1 amide bonds. The van der Waals surface area contributed by atoms with Crippen LogP contribution in [0, 0.1) is 12.8 Å². The summed E-state index contributed by atoms with van der Waals surface area (Å²) >= 11 is 0. The second-order valence-electron chi connectivity index (χ2n) is 4.19. The van der Waals surface area contributed by atoms with E-state index in [9.17, 15) is 9.59 Å². The van der Waals surface area contributed by atoms with Crippen LogP contribution in [0.2, 0.25) is 0 Å². The summed E-state index contributed by atoms with van der Waals surface area (Å²) in [5.74, 6) is -0.467. The number of ether oxygens (including phenoxy) is 1. The number of hydrogen-bond donors (Lipinski definition) is 1. The first-order valence-corrected chi connectivity index (χ1v) is 5.47. The van der Waals surface area contributed by atoms with Crippen molar-refractivity contribution >= 4 is 17.6 Å². The molecule has 1 aromatic heterocycles. The molecule has 2 rings (SSSR count). The molecule has 0 radical (unpaired) electrons. The lowest BCUT2D eigenvalue weighted by Crippen LogP contribution is -2.17. The average Bonchev–Trinajstić information content (AvgIpc) is 3.07. The third-order valence-electron chi connectivity index (χ3n) is 2.80. The zero-order valence-corrected chi connectivity index (χ0v) is 10.1. The minimum absolute atomic E-state index is 0.0498. The van der Waals surface area contributed by atoms with E-state index in [1.165, 1.54) is 11.8 Å². The van der Waals surface area contributed by atoms with Gasteiger partial charge < -0.3 is 10.1 Å². The molecule has 1 saturated carbocycles. The van der Waals surface area contributed by atoms with Crippen LogP contribution in [0.25, 0.3) is 0 Å². The fourth-order valence-corrected chi connectivity index (χ4v) is 1.71. The molecular formula is C11H15N3O3. The molecule has 0 saturated heterocycles. The number of nitrogens with zero attached hydrogens (tertiary/aromatic N) is 2. The number of carbonyl (C=O) groups excluding carboxylic acids is 2. The Morgan fingerprint density at radius 1 is 1.47 bits per heavy atom. The van der Waals surface area contributed by atoms with Crippen molar-refractivity contribution in [3.8, 4) is 0 Å². The van der Waals surface area contributed by atoms with Crippen LogP contribution in [0.1, 0.15) is 29.0 Å². The van der Waals surface area contributed by atoms with Gasteiger partial charge in [0.2, 0.25) is 5.91 Å². The number of rotatable bonds is 3. The maximum absolute atomic E-state index is 11.7. The Balaban J connectivity index is 2.30. The minimum atomic E-state index is -0.501. The molecule has 1 heterocycles. The summed E-state index contributed by atoms with van der Waals surface area (Å²) in [5.41, 5.74) is 1.34. The first-order valence-electron chi connectivity index (χ1n) is 5.47. The molecule has 0 aromatic carbocycles. The Kier molecular flexibility index (Phi) is 2.87. The van der Waals surface area contributed by atoms with Gasteiger partial charge in [0.1, 0.15) is 0 Å². The first-order chi connectivity index (χ1) is 8.04. The van der Waals surface area contributed by atoms with Crippen LogP contribution < -0.4 is 5.32 Å². The van der Waals surface area contributed by atoms with Crippen molar-refractivity contribution in [3.63, 3.8) is 0 Å². The van der Waals surface area contributed by atoms with Gasteiger partial charge in [-0.3, -0.25) is 9.48 Å². The van der Waals surface area contributed by atoms with Gasteiger partial charge in [-0.15, -0.1) is 0 Å². The highest BCUT2D eigenvalue weighted by molar-refractivity contribution is 6.02. The van der Waals surface area contributed by atoms with Crippen LogP contribution in [-0.2, 0) is 16.6 Å². The number of methoxy groups -OCH3 is 1. The normalized spacial score (nSPS) is 14.5. The molecule has 92 valence electrons. The number of aryl methyl sites for hydroxylation is 2. The van der Waals surface area contributed by atoms with Gasteiger partial charge in [0, 0.05) is 13.0 Å². The Morgan fingerprint density at radius 3 is 2.65 bits per heavy atom. The molecule has 1 N–H and O–H groups in total. The van der Waals surface area contributed by atoms with Crippen molar-refractivity contribution in [1.29, 1.82) is 0 Å².